The number of ether oxygens (including phenoxy) is 1. The van der Waals surface area contributed by atoms with Crippen LogP contribution in [0.5, 0.6) is 5.75 Å². The van der Waals surface area contributed by atoms with E-state index in [4.69, 9.17) is 26.0 Å². The zero-order valence-corrected chi connectivity index (χ0v) is 13.1. The number of nitriles is 1. The average Bonchev–Trinajstić information content (AvgIpc) is 3.05. The molecule has 1 aromatic heterocycles. The molecule has 7 heteroatoms. The highest BCUT2D eigenvalue weighted by molar-refractivity contribution is 6.32. The van der Waals surface area contributed by atoms with Crippen molar-refractivity contribution in [3.63, 3.8) is 0 Å². The monoisotopic (exact) mass is 331 g/mol. The molecular formula is C16H14ClN3O3. The van der Waals surface area contributed by atoms with Gasteiger partial charge in [-0.25, -0.2) is 0 Å². The predicted octanol–water partition coefficient (Wildman–Crippen LogP) is 3.08. The van der Waals surface area contributed by atoms with Gasteiger partial charge in [0.05, 0.1) is 24.9 Å². The van der Waals surface area contributed by atoms with Crippen LogP contribution in [0.3, 0.4) is 0 Å². The van der Waals surface area contributed by atoms with Crippen LogP contribution in [0.4, 0.5) is 5.69 Å². The lowest BCUT2D eigenvalue weighted by Gasteiger charge is -2.07. The van der Waals surface area contributed by atoms with Crippen molar-refractivity contribution in [2.75, 3.05) is 12.4 Å². The summed E-state index contributed by atoms with van der Waals surface area (Å²) in [5, 5.41) is 14.9. The number of amides is 1. The number of anilines is 1. The van der Waals surface area contributed by atoms with E-state index in [0.29, 0.717) is 28.8 Å². The van der Waals surface area contributed by atoms with Gasteiger partial charge in [0, 0.05) is 11.9 Å². The SMILES string of the molecule is COc1ccc(NC(=O)/C(C#N)=C\NCc2ccco2)cc1Cl. The van der Waals surface area contributed by atoms with Crippen molar-refractivity contribution in [3.05, 3.63) is 59.2 Å². The lowest BCUT2D eigenvalue weighted by atomic mass is 10.2. The molecule has 1 aromatic carbocycles. The molecule has 0 unspecified atom stereocenters. The third-order valence-corrected chi connectivity index (χ3v) is 3.17. The number of carbonyl (C=O) groups excluding carboxylic acids is 1. The first-order chi connectivity index (χ1) is 11.1. The number of carbonyl (C=O) groups is 1. The molecule has 2 rings (SSSR count). The summed E-state index contributed by atoms with van der Waals surface area (Å²) >= 11 is 5.99. The Morgan fingerprint density at radius 1 is 1.48 bits per heavy atom. The van der Waals surface area contributed by atoms with Crippen LogP contribution in [0.15, 0.2) is 52.8 Å². The molecule has 0 aliphatic heterocycles. The van der Waals surface area contributed by atoms with Gasteiger partial charge in [-0.1, -0.05) is 11.6 Å². The Bertz CT molecular complexity index is 748. The van der Waals surface area contributed by atoms with Gasteiger partial charge in [0.2, 0.25) is 0 Å². The van der Waals surface area contributed by atoms with Crippen molar-refractivity contribution in [2.45, 2.75) is 6.54 Å². The van der Waals surface area contributed by atoms with Gasteiger partial charge in [0.15, 0.2) is 0 Å². The molecule has 0 spiro atoms. The quantitative estimate of drug-likeness (QED) is 0.627. The number of halogens is 1. The van der Waals surface area contributed by atoms with Crippen molar-refractivity contribution in [3.8, 4) is 11.8 Å². The Hall–Kier alpha value is -2.91. The molecule has 0 aliphatic rings. The maximum Gasteiger partial charge on any atom is 0.267 e. The number of nitrogens with one attached hydrogen (secondary N) is 2. The largest absolute Gasteiger partial charge is 0.495 e. The number of rotatable bonds is 6. The van der Waals surface area contributed by atoms with Gasteiger partial charge < -0.3 is 19.8 Å². The van der Waals surface area contributed by atoms with E-state index in [1.807, 2.05) is 6.07 Å². The van der Waals surface area contributed by atoms with Gasteiger partial charge in [-0.05, 0) is 30.3 Å². The fraction of sp³-hybridized carbons (Fsp3) is 0.125. The normalized spacial score (nSPS) is 10.7. The van der Waals surface area contributed by atoms with Crippen molar-refractivity contribution >= 4 is 23.2 Å². The Balaban J connectivity index is 1.99. The summed E-state index contributed by atoms with van der Waals surface area (Å²) in [6.07, 6.45) is 2.88. The van der Waals surface area contributed by atoms with E-state index < -0.39 is 5.91 Å². The summed E-state index contributed by atoms with van der Waals surface area (Å²) in [6, 6.07) is 10.2. The Morgan fingerprint density at radius 2 is 2.30 bits per heavy atom. The fourth-order valence-electron chi connectivity index (χ4n) is 1.76. The third-order valence-electron chi connectivity index (χ3n) is 2.88. The summed E-state index contributed by atoms with van der Waals surface area (Å²) < 4.78 is 10.2. The molecule has 0 bridgehead atoms. The van der Waals surface area contributed by atoms with E-state index in [-0.39, 0.29) is 5.57 Å². The van der Waals surface area contributed by atoms with Gasteiger partial charge in [0.1, 0.15) is 23.2 Å². The second kappa shape index (κ2) is 7.92. The number of hydrogen-bond donors (Lipinski definition) is 2. The number of hydrogen-bond acceptors (Lipinski definition) is 5. The van der Waals surface area contributed by atoms with Crippen molar-refractivity contribution < 1.29 is 13.9 Å². The van der Waals surface area contributed by atoms with Gasteiger partial charge in [-0.2, -0.15) is 5.26 Å². The van der Waals surface area contributed by atoms with Crippen LogP contribution in [-0.2, 0) is 11.3 Å². The average molecular weight is 332 g/mol. The molecule has 1 amide bonds. The first-order valence-electron chi connectivity index (χ1n) is 6.65. The first kappa shape index (κ1) is 16.5. The van der Waals surface area contributed by atoms with Crippen molar-refractivity contribution in [1.29, 1.82) is 5.26 Å². The van der Waals surface area contributed by atoms with E-state index in [1.165, 1.54) is 13.3 Å². The van der Waals surface area contributed by atoms with E-state index in [2.05, 4.69) is 10.6 Å². The fourth-order valence-corrected chi connectivity index (χ4v) is 2.02. The van der Waals surface area contributed by atoms with Gasteiger partial charge in [-0.3, -0.25) is 4.79 Å². The smallest absolute Gasteiger partial charge is 0.267 e. The molecular weight excluding hydrogens is 318 g/mol. The Morgan fingerprint density at radius 3 is 2.91 bits per heavy atom. The number of nitrogens with zero attached hydrogens (tertiary/aromatic N) is 1. The summed E-state index contributed by atoms with van der Waals surface area (Å²) in [6.45, 7) is 0.375. The van der Waals surface area contributed by atoms with E-state index in [9.17, 15) is 4.79 Å². The molecule has 0 atom stereocenters. The maximum atomic E-state index is 12.1. The predicted molar refractivity (Wildman–Crippen MR) is 85.9 cm³/mol. The minimum atomic E-state index is -0.541. The summed E-state index contributed by atoms with van der Waals surface area (Å²) in [5.41, 5.74) is 0.400. The van der Waals surface area contributed by atoms with Crippen LogP contribution in [-0.4, -0.2) is 13.0 Å². The zero-order chi connectivity index (χ0) is 16.7. The maximum absolute atomic E-state index is 12.1. The first-order valence-corrected chi connectivity index (χ1v) is 7.02. The minimum Gasteiger partial charge on any atom is -0.495 e. The molecule has 23 heavy (non-hydrogen) atoms. The molecule has 0 radical (unpaired) electrons. The molecule has 0 saturated carbocycles. The third kappa shape index (κ3) is 4.53. The molecule has 2 N–H and O–H groups in total. The van der Waals surface area contributed by atoms with Crippen LogP contribution < -0.4 is 15.4 Å². The number of benzene rings is 1. The molecule has 118 valence electrons. The molecule has 1 heterocycles. The standard InChI is InChI=1S/C16H14ClN3O3/c1-22-15-5-4-12(7-14(15)17)20-16(21)11(8-18)9-19-10-13-3-2-6-23-13/h2-7,9,19H,10H2,1H3,(H,20,21)/b11-9-. The Labute approximate surface area is 138 Å². The zero-order valence-electron chi connectivity index (χ0n) is 12.3. The van der Waals surface area contributed by atoms with Gasteiger partial charge in [-0.15, -0.1) is 0 Å². The van der Waals surface area contributed by atoms with Crippen LogP contribution in [0.1, 0.15) is 5.76 Å². The second-order valence-corrected chi connectivity index (χ2v) is 4.84. The molecule has 0 fully saturated rings. The van der Waals surface area contributed by atoms with Crippen LogP contribution in [0.25, 0.3) is 0 Å². The minimum absolute atomic E-state index is 0.0662. The number of methoxy groups -OCH3 is 1. The van der Waals surface area contributed by atoms with Crippen molar-refractivity contribution in [2.24, 2.45) is 0 Å². The van der Waals surface area contributed by atoms with Crippen LogP contribution >= 0.6 is 11.6 Å². The highest BCUT2D eigenvalue weighted by atomic mass is 35.5. The van der Waals surface area contributed by atoms with E-state index in [1.54, 1.807) is 36.6 Å². The van der Waals surface area contributed by atoms with Gasteiger partial charge >= 0.3 is 0 Å². The summed E-state index contributed by atoms with van der Waals surface area (Å²) in [7, 11) is 1.50. The highest BCUT2D eigenvalue weighted by Gasteiger charge is 2.10. The lowest BCUT2D eigenvalue weighted by Crippen LogP contribution is -2.16. The van der Waals surface area contributed by atoms with Crippen LogP contribution in [0.2, 0.25) is 5.02 Å². The van der Waals surface area contributed by atoms with E-state index >= 15 is 0 Å². The van der Waals surface area contributed by atoms with E-state index in [0.717, 1.165) is 0 Å². The summed E-state index contributed by atoms with van der Waals surface area (Å²) in [5.74, 6) is 0.655. The Kier molecular flexibility index (Phi) is 5.67. The van der Waals surface area contributed by atoms with Crippen LogP contribution in [0, 0.1) is 11.3 Å². The molecule has 0 aliphatic carbocycles. The summed E-state index contributed by atoms with van der Waals surface area (Å²) in [4.78, 5) is 12.1. The molecule has 2 aromatic rings. The topological polar surface area (TPSA) is 87.3 Å². The lowest BCUT2D eigenvalue weighted by molar-refractivity contribution is -0.112. The highest BCUT2D eigenvalue weighted by Crippen LogP contribution is 2.27. The van der Waals surface area contributed by atoms with Gasteiger partial charge in [0.25, 0.3) is 5.91 Å². The molecule has 0 saturated heterocycles. The molecule has 6 nitrogen and oxygen atoms in total. The number of furan rings is 1. The van der Waals surface area contributed by atoms with Crippen molar-refractivity contribution in [1.82, 2.24) is 5.32 Å². The second-order valence-electron chi connectivity index (χ2n) is 4.43.